The van der Waals surface area contributed by atoms with Crippen LogP contribution in [0.1, 0.15) is 18.4 Å². The van der Waals surface area contributed by atoms with Crippen LogP contribution in [0.5, 0.6) is 11.5 Å². The van der Waals surface area contributed by atoms with Crippen molar-refractivity contribution in [3.63, 3.8) is 0 Å². The summed E-state index contributed by atoms with van der Waals surface area (Å²) in [6.07, 6.45) is 2.30. The molecule has 0 atom stereocenters. The van der Waals surface area contributed by atoms with Gasteiger partial charge in [0.2, 0.25) is 0 Å². The van der Waals surface area contributed by atoms with Crippen molar-refractivity contribution in [1.82, 2.24) is 10.4 Å². The van der Waals surface area contributed by atoms with E-state index in [0.717, 1.165) is 37.2 Å². The molecule has 5 heteroatoms. The van der Waals surface area contributed by atoms with Gasteiger partial charge in [0.15, 0.2) is 11.5 Å². The van der Waals surface area contributed by atoms with Gasteiger partial charge in [-0.05, 0) is 26.0 Å². The number of ether oxygens (including phenoxy) is 2. The van der Waals surface area contributed by atoms with Crippen LogP contribution in [-0.4, -0.2) is 43.5 Å². The Bertz CT molecular complexity index is 404. The molecule has 0 amide bonds. The Morgan fingerprint density at radius 1 is 1.37 bits per heavy atom. The maximum atomic E-state index is 8.83. The van der Waals surface area contributed by atoms with Crippen molar-refractivity contribution in [1.29, 1.82) is 0 Å². The first-order chi connectivity index (χ1) is 9.24. The molecule has 2 N–H and O–H groups in total. The number of likely N-dealkylation sites (tertiary alicyclic amines) is 1. The van der Waals surface area contributed by atoms with Gasteiger partial charge in [-0.2, -0.15) is 0 Å². The number of hydrogen-bond acceptors (Lipinski definition) is 5. The summed E-state index contributed by atoms with van der Waals surface area (Å²) >= 11 is 0. The SMILES string of the molecule is COc1c(CNO)cccc1OC1CCN(C)CC1. The number of hydroxylamine groups is 1. The van der Waals surface area contributed by atoms with Gasteiger partial charge in [-0.15, -0.1) is 0 Å². The Morgan fingerprint density at radius 2 is 2.11 bits per heavy atom. The molecule has 1 heterocycles. The smallest absolute Gasteiger partial charge is 0.165 e. The van der Waals surface area contributed by atoms with Crippen LogP contribution in [0.4, 0.5) is 0 Å². The summed E-state index contributed by atoms with van der Waals surface area (Å²) in [7, 11) is 3.75. The molecule has 0 bridgehead atoms. The first kappa shape index (κ1) is 14.1. The number of para-hydroxylation sites is 1. The lowest BCUT2D eigenvalue weighted by atomic mass is 10.1. The molecule has 0 spiro atoms. The number of hydrogen-bond donors (Lipinski definition) is 2. The maximum Gasteiger partial charge on any atom is 0.165 e. The molecule has 5 nitrogen and oxygen atoms in total. The molecule has 0 aromatic heterocycles. The lowest BCUT2D eigenvalue weighted by Crippen LogP contribution is -2.35. The monoisotopic (exact) mass is 266 g/mol. The van der Waals surface area contributed by atoms with Gasteiger partial charge < -0.3 is 19.6 Å². The minimum Gasteiger partial charge on any atom is -0.493 e. The molecule has 1 aliphatic rings. The molecule has 1 aliphatic heterocycles. The van der Waals surface area contributed by atoms with Gasteiger partial charge in [-0.1, -0.05) is 12.1 Å². The minimum absolute atomic E-state index is 0.238. The summed E-state index contributed by atoms with van der Waals surface area (Å²) in [6, 6.07) is 5.74. The quantitative estimate of drug-likeness (QED) is 0.794. The Kier molecular flexibility index (Phi) is 5.01. The zero-order valence-corrected chi connectivity index (χ0v) is 11.6. The van der Waals surface area contributed by atoms with E-state index >= 15 is 0 Å². The third-order valence-corrected chi connectivity index (χ3v) is 3.49. The van der Waals surface area contributed by atoms with Crippen molar-refractivity contribution in [3.8, 4) is 11.5 Å². The highest BCUT2D eigenvalue weighted by Crippen LogP contribution is 2.32. The highest BCUT2D eigenvalue weighted by Gasteiger charge is 2.20. The summed E-state index contributed by atoms with van der Waals surface area (Å²) in [5, 5.41) is 8.83. The molecule has 1 aromatic carbocycles. The summed E-state index contributed by atoms with van der Waals surface area (Å²) in [6.45, 7) is 2.46. The number of piperidine rings is 1. The first-order valence-electron chi connectivity index (χ1n) is 6.62. The third kappa shape index (κ3) is 3.59. The van der Waals surface area contributed by atoms with E-state index in [9.17, 15) is 0 Å². The zero-order chi connectivity index (χ0) is 13.7. The van der Waals surface area contributed by atoms with Crippen molar-refractivity contribution < 1.29 is 14.7 Å². The Balaban J connectivity index is 2.08. The molecular formula is C14H22N2O3. The van der Waals surface area contributed by atoms with Crippen LogP contribution in [0.25, 0.3) is 0 Å². The van der Waals surface area contributed by atoms with E-state index < -0.39 is 0 Å². The predicted octanol–water partition coefficient (Wildman–Crippen LogP) is 1.65. The fraction of sp³-hybridized carbons (Fsp3) is 0.571. The van der Waals surface area contributed by atoms with E-state index in [2.05, 4.69) is 17.4 Å². The second-order valence-electron chi connectivity index (χ2n) is 4.90. The number of benzene rings is 1. The highest BCUT2D eigenvalue weighted by atomic mass is 16.5. The summed E-state index contributed by atoms with van der Waals surface area (Å²) in [5.41, 5.74) is 3.04. The highest BCUT2D eigenvalue weighted by molar-refractivity contribution is 5.46. The van der Waals surface area contributed by atoms with E-state index in [-0.39, 0.29) is 6.10 Å². The first-order valence-corrected chi connectivity index (χ1v) is 6.62. The predicted molar refractivity (Wildman–Crippen MR) is 72.8 cm³/mol. The van der Waals surface area contributed by atoms with Gasteiger partial charge in [0, 0.05) is 25.2 Å². The summed E-state index contributed by atoms with van der Waals surface area (Å²) < 4.78 is 11.5. The average Bonchev–Trinajstić information content (AvgIpc) is 2.42. The summed E-state index contributed by atoms with van der Waals surface area (Å²) in [5.74, 6) is 1.45. The van der Waals surface area contributed by atoms with E-state index in [1.165, 1.54) is 0 Å². The van der Waals surface area contributed by atoms with Crippen molar-refractivity contribution >= 4 is 0 Å². The van der Waals surface area contributed by atoms with E-state index in [4.69, 9.17) is 14.7 Å². The second kappa shape index (κ2) is 6.75. The number of nitrogens with one attached hydrogen (secondary N) is 1. The maximum absolute atomic E-state index is 8.83. The fourth-order valence-electron chi connectivity index (χ4n) is 2.39. The molecular weight excluding hydrogens is 244 g/mol. The van der Waals surface area contributed by atoms with E-state index in [1.54, 1.807) is 7.11 Å². The molecule has 1 aromatic rings. The van der Waals surface area contributed by atoms with Crippen LogP contribution in [0.3, 0.4) is 0 Å². The number of nitrogens with zero attached hydrogens (tertiary/aromatic N) is 1. The van der Waals surface area contributed by atoms with Gasteiger partial charge in [-0.3, -0.25) is 0 Å². The number of methoxy groups -OCH3 is 1. The molecule has 0 saturated carbocycles. The Hall–Kier alpha value is -1.30. The van der Waals surface area contributed by atoms with Gasteiger partial charge in [-0.25, -0.2) is 5.48 Å². The normalized spacial score (nSPS) is 17.4. The van der Waals surface area contributed by atoms with Crippen LogP contribution in [0.15, 0.2) is 18.2 Å². The van der Waals surface area contributed by atoms with Crippen molar-refractivity contribution in [2.24, 2.45) is 0 Å². The van der Waals surface area contributed by atoms with Crippen LogP contribution < -0.4 is 15.0 Å². The van der Waals surface area contributed by atoms with E-state index in [1.807, 2.05) is 18.2 Å². The topological polar surface area (TPSA) is 54.0 Å². The summed E-state index contributed by atoms with van der Waals surface area (Å²) in [4.78, 5) is 2.31. The lowest BCUT2D eigenvalue weighted by Gasteiger charge is -2.30. The van der Waals surface area contributed by atoms with Crippen LogP contribution in [0, 0.1) is 0 Å². The van der Waals surface area contributed by atoms with Gasteiger partial charge in [0.1, 0.15) is 6.10 Å². The van der Waals surface area contributed by atoms with Gasteiger partial charge in [0.25, 0.3) is 0 Å². The fourth-order valence-corrected chi connectivity index (χ4v) is 2.39. The molecule has 1 saturated heterocycles. The lowest BCUT2D eigenvalue weighted by molar-refractivity contribution is 0.110. The molecule has 0 unspecified atom stereocenters. The second-order valence-corrected chi connectivity index (χ2v) is 4.90. The van der Waals surface area contributed by atoms with Crippen molar-refractivity contribution in [2.45, 2.75) is 25.5 Å². The molecule has 2 rings (SSSR count). The van der Waals surface area contributed by atoms with Gasteiger partial charge in [0.05, 0.1) is 7.11 Å². The van der Waals surface area contributed by atoms with Crippen molar-refractivity contribution in [3.05, 3.63) is 23.8 Å². The number of rotatable bonds is 5. The molecule has 106 valence electrons. The average molecular weight is 266 g/mol. The third-order valence-electron chi connectivity index (χ3n) is 3.49. The van der Waals surface area contributed by atoms with Crippen LogP contribution >= 0.6 is 0 Å². The minimum atomic E-state index is 0.238. The standard InChI is InChI=1S/C14H22N2O3/c1-16-8-6-12(7-9-16)19-13-5-3-4-11(10-15-17)14(13)18-2/h3-5,12,15,17H,6-10H2,1-2H3. The Morgan fingerprint density at radius 3 is 2.74 bits per heavy atom. The van der Waals surface area contributed by atoms with Crippen LogP contribution in [-0.2, 0) is 6.54 Å². The Labute approximate surface area is 114 Å². The van der Waals surface area contributed by atoms with E-state index in [0.29, 0.717) is 12.3 Å². The largest absolute Gasteiger partial charge is 0.493 e. The van der Waals surface area contributed by atoms with Crippen molar-refractivity contribution in [2.75, 3.05) is 27.2 Å². The van der Waals surface area contributed by atoms with Crippen LogP contribution in [0.2, 0.25) is 0 Å². The molecule has 0 aliphatic carbocycles. The van der Waals surface area contributed by atoms with Gasteiger partial charge >= 0.3 is 0 Å². The molecule has 19 heavy (non-hydrogen) atoms. The molecule has 1 fully saturated rings. The molecule has 0 radical (unpaired) electrons. The zero-order valence-electron chi connectivity index (χ0n) is 11.6.